The summed E-state index contributed by atoms with van der Waals surface area (Å²) in [5.41, 5.74) is 4.82. The summed E-state index contributed by atoms with van der Waals surface area (Å²) in [5, 5.41) is 0. The van der Waals surface area contributed by atoms with Crippen LogP contribution in [0.2, 0.25) is 0 Å². The largest absolute Gasteiger partial charge is 0.348 e. The maximum absolute atomic E-state index is 5.83. The molecule has 0 aromatic heterocycles. The Balaban J connectivity index is 1.27. The summed E-state index contributed by atoms with van der Waals surface area (Å²) in [4.78, 5) is 0. The van der Waals surface area contributed by atoms with Gasteiger partial charge in [0.15, 0.2) is 5.79 Å². The van der Waals surface area contributed by atoms with Crippen molar-refractivity contribution in [2.45, 2.75) is 51.2 Å². The highest BCUT2D eigenvalue weighted by atomic mass is 16.7. The van der Waals surface area contributed by atoms with Gasteiger partial charge in [0, 0.05) is 24.0 Å². The zero-order valence-corrected chi connectivity index (χ0v) is 16.2. The van der Waals surface area contributed by atoms with Crippen LogP contribution in [-0.2, 0) is 15.9 Å². The van der Waals surface area contributed by atoms with Crippen molar-refractivity contribution in [3.05, 3.63) is 70.8 Å². The average molecular weight is 360 g/mol. The summed E-state index contributed by atoms with van der Waals surface area (Å²) in [6.45, 7) is 3.63. The quantitative estimate of drug-likeness (QED) is 0.695. The molecule has 2 aliphatic rings. The monoisotopic (exact) mass is 360 g/mol. The van der Waals surface area contributed by atoms with Gasteiger partial charge in [0.25, 0.3) is 0 Å². The minimum absolute atomic E-state index is 0.228. The van der Waals surface area contributed by atoms with Gasteiger partial charge in [0.2, 0.25) is 0 Å². The lowest BCUT2D eigenvalue weighted by Gasteiger charge is -2.35. The van der Waals surface area contributed by atoms with Crippen LogP contribution in [-0.4, -0.2) is 19.0 Å². The molecule has 1 saturated carbocycles. The molecule has 2 nitrogen and oxygen atoms in total. The van der Waals surface area contributed by atoms with E-state index in [1.165, 1.54) is 30.4 Å². The van der Waals surface area contributed by atoms with Gasteiger partial charge in [0.1, 0.15) is 0 Å². The Morgan fingerprint density at radius 1 is 0.852 bits per heavy atom. The van der Waals surface area contributed by atoms with Crippen molar-refractivity contribution in [3.8, 4) is 11.8 Å². The van der Waals surface area contributed by atoms with Gasteiger partial charge in [-0.1, -0.05) is 41.7 Å². The van der Waals surface area contributed by atoms with Crippen molar-refractivity contribution in [2.24, 2.45) is 5.92 Å². The molecule has 1 aliphatic heterocycles. The van der Waals surface area contributed by atoms with E-state index in [-0.39, 0.29) is 5.79 Å². The van der Waals surface area contributed by atoms with E-state index < -0.39 is 0 Å². The molecule has 1 saturated heterocycles. The lowest BCUT2D eigenvalue weighted by Crippen LogP contribution is -2.35. The van der Waals surface area contributed by atoms with E-state index in [1.54, 1.807) is 0 Å². The van der Waals surface area contributed by atoms with E-state index in [0.29, 0.717) is 0 Å². The Morgan fingerprint density at radius 2 is 1.41 bits per heavy atom. The molecule has 2 aromatic rings. The maximum atomic E-state index is 5.83. The molecular weight excluding hydrogens is 332 g/mol. The van der Waals surface area contributed by atoms with Crippen molar-refractivity contribution in [3.63, 3.8) is 0 Å². The van der Waals surface area contributed by atoms with E-state index in [9.17, 15) is 0 Å². The third-order valence-corrected chi connectivity index (χ3v) is 5.88. The second-order valence-corrected chi connectivity index (χ2v) is 7.90. The molecule has 2 fully saturated rings. The fraction of sp³-hybridized carbons (Fsp3) is 0.440. The molecule has 27 heavy (non-hydrogen) atoms. The van der Waals surface area contributed by atoms with E-state index in [4.69, 9.17) is 9.47 Å². The summed E-state index contributed by atoms with van der Waals surface area (Å²) in [5.74, 6) is 7.07. The Labute approximate surface area is 162 Å². The number of ether oxygens (including phenoxy) is 2. The van der Waals surface area contributed by atoms with Crippen molar-refractivity contribution < 1.29 is 9.47 Å². The topological polar surface area (TPSA) is 18.5 Å². The minimum atomic E-state index is -0.228. The number of rotatable bonds is 3. The zero-order chi connectivity index (χ0) is 18.5. The summed E-state index contributed by atoms with van der Waals surface area (Å²) < 4.78 is 11.7. The molecule has 140 valence electrons. The second-order valence-electron chi connectivity index (χ2n) is 7.90. The highest BCUT2D eigenvalue weighted by Crippen LogP contribution is 2.39. The Bertz CT molecular complexity index is 792. The third-order valence-electron chi connectivity index (χ3n) is 5.88. The lowest BCUT2D eigenvalue weighted by molar-refractivity contribution is -0.182. The predicted molar refractivity (Wildman–Crippen MR) is 109 cm³/mol. The van der Waals surface area contributed by atoms with Gasteiger partial charge in [-0.15, -0.1) is 0 Å². The molecule has 0 N–H and O–H groups in total. The van der Waals surface area contributed by atoms with Gasteiger partial charge in [-0.3, -0.25) is 0 Å². The van der Waals surface area contributed by atoms with E-state index in [0.717, 1.165) is 49.5 Å². The lowest BCUT2D eigenvalue weighted by atomic mass is 9.82. The van der Waals surface area contributed by atoms with Gasteiger partial charge in [-0.2, -0.15) is 0 Å². The van der Waals surface area contributed by atoms with Crippen LogP contribution in [0, 0.1) is 24.7 Å². The number of hydrogen-bond acceptors (Lipinski definition) is 2. The molecule has 1 heterocycles. The highest BCUT2D eigenvalue weighted by molar-refractivity contribution is 5.43. The molecule has 4 rings (SSSR count). The Morgan fingerprint density at radius 3 is 2.00 bits per heavy atom. The first-order valence-electron chi connectivity index (χ1n) is 10.2. The molecule has 0 unspecified atom stereocenters. The van der Waals surface area contributed by atoms with Crippen LogP contribution in [0.4, 0.5) is 0 Å². The fourth-order valence-corrected chi connectivity index (χ4v) is 4.10. The van der Waals surface area contributed by atoms with E-state index in [2.05, 4.69) is 67.3 Å². The predicted octanol–water partition coefficient (Wildman–Crippen LogP) is 5.26. The van der Waals surface area contributed by atoms with Crippen LogP contribution in [0.15, 0.2) is 48.5 Å². The first kappa shape index (κ1) is 18.3. The van der Waals surface area contributed by atoms with Crippen molar-refractivity contribution >= 4 is 0 Å². The molecular formula is C25H28O2. The van der Waals surface area contributed by atoms with Gasteiger partial charge >= 0.3 is 0 Å². The number of aryl methyl sites for hydroxylation is 2. The molecule has 0 atom stereocenters. The van der Waals surface area contributed by atoms with Crippen LogP contribution in [0.1, 0.15) is 54.4 Å². The van der Waals surface area contributed by atoms with Crippen LogP contribution in [0.25, 0.3) is 0 Å². The second kappa shape index (κ2) is 8.30. The van der Waals surface area contributed by atoms with Crippen LogP contribution in [0.5, 0.6) is 0 Å². The maximum Gasteiger partial charge on any atom is 0.168 e. The van der Waals surface area contributed by atoms with Crippen LogP contribution >= 0.6 is 0 Å². The summed E-state index contributed by atoms with van der Waals surface area (Å²) in [7, 11) is 0. The van der Waals surface area contributed by atoms with Gasteiger partial charge in [0.05, 0.1) is 13.2 Å². The minimum Gasteiger partial charge on any atom is -0.348 e. The zero-order valence-electron chi connectivity index (χ0n) is 16.2. The van der Waals surface area contributed by atoms with Crippen molar-refractivity contribution in [1.82, 2.24) is 0 Å². The molecule has 1 aliphatic carbocycles. The summed E-state index contributed by atoms with van der Waals surface area (Å²) in [6.07, 6.45) is 6.96. The third kappa shape index (κ3) is 4.80. The van der Waals surface area contributed by atoms with Crippen LogP contribution < -0.4 is 0 Å². The molecule has 2 aromatic carbocycles. The van der Waals surface area contributed by atoms with Crippen molar-refractivity contribution in [2.75, 3.05) is 13.2 Å². The van der Waals surface area contributed by atoms with E-state index >= 15 is 0 Å². The standard InChI is InChI=1S/C25H28O2/c1-20-2-4-21(5-3-20)6-7-22-8-10-23(11-9-22)12-13-24-14-16-25(17-15-24)26-18-19-27-25/h2-5,8-11,24H,12-19H2,1H3. The Kier molecular flexibility index (Phi) is 5.62. The Hall–Kier alpha value is -2.08. The average Bonchev–Trinajstić information content (AvgIpc) is 3.16. The molecule has 2 heteroatoms. The SMILES string of the molecule is Cc1ccc(C#Cc2ccc(CCC3CCC4(CC3)OCCO4)cc2)cc1. The van der Waals surface area contributed by atoms with Crippen LogP contribution in [0.3, 0.4) is 0 Å². The van der Waals surface area contributed by atoms with Crippen molar-refractivity contribution in [1.29, 1.82) is 0 Å². The first-order chi connectivity index (χ1) is 13.2. The first-order valence-corrected chi connectivity index (χ1v) is 10.2. The normalized spacial score (nSPS) is 19.0. The summed E-state index contributed by atoms with van der Waals surface area (Å²) >= 11 is 0. The number of hydrogen-bond donors (Lipinski definition) is 0. The molecule has 1 spiro atoms. The molecule has 0 bridgehead atoms. The number of benzene rings is 2. The van der Waals surface area contributed by atoms with E-state index in [1.807, 2.05) is 0 Å². The fourth-order valence-electron chi connectivity index (χ4n) is 4.10. The highest BCUT2D eigenvalue weighted by Gasteiger charge is 2.39. The van der Waals surface area contributed by atoms with Gasteiger partial charge in [-0.05, 0) is 68.4 Å². The van der Waals surface area contributed by atoms with Gasteiger partial charge < -0.3 is 9.47 Å². The summed E-state index contributed by atoms with van der Waals surface area (Å²) in [6, 6.07) is 17.1. The molecule has 0 amide bonds. The van der Waals surface area contributed by atoms with Gasteiger partial charge in [-0.25, -0.2) is 0 Å². The smallest absolute Gasteiger partial charge is 0.168 e. The molecule has 0 radical (unpaired) electrons.